The van der Waals surface area contributed by atoms with E-state index in [0.717, 1.165) is 18.6 Å². The number of hydrogen-bond acceptors (Lipinski definition) is 2. The highest BCUT2D eigenvalue weighted by Crippen LogP contribution is 2.28. The Bertz CT molecular complexity index is 536. The van der Waals surface area contributed by atoms with E-state index < -0.39 is 0 Å². The van der Waals surface area contributed by atoms with Crippen molar-refractivity contribution in [2.75, 3.05) is 13.1 Å². The Morgan fingerprint density at radius 3 is 2.78 bits per heavy atom. The highest BCUT2D eigenvalue weighted by Gasteiger charge is 2.16. The number of aromatic nitrogens is 2. The van der Waals surface area contributed by atoms with Crippen molar-refractivity contribution in [2.45, 2.75) is 38.6 Å². The van der Waals surface area contributed by atoms with Crippen LogP contribution in [-0.2, 0) is 0 Å². The third kappa shape index (κ3) is 2.03. The van der Waals surface area contributed by atoms with E-state index in [1.165, 1.54) is 23.9 Å². The molecule has 18 heavy (non-hydrogen) atoms. The average Bonchev–Trinajstić information content (AvgIpc) is 2.82. The van der Waals surface area contributed by atoms with Gasteiger partial charge in [-0.15, -0.1) is 0 Å². The van der Waals surface area contributed by atoms with Crippen LogP contribution >= 0.6 is 0 Å². The first-order valence-electron chi connectivity index (χ1n) is 6.93. The van der Waals surface area contributed by atoms with Gasteiger partial charge in [0.1, 0.15) is 0 Å². The van der Waals surface area contributed by atoms with Gasteiger partial charge in [0.15, 0.2) is 0 Å². The molecule has 0 aliphatic carbocycles. The molecular formula is C15H21N3. The molecule has 0 unspecified atom stereocenters. The van der Waals surface area contributed by atoms with Crippen LogP contribution in [0.5, 0.6) is 0 Å². The maximum Gasteiger partial charge on any atom is 0.0960 e. The number of imidazole rings is 1. The Morgan fingerprint density at radius 2 is 2.06 bits per heavy atom. The first-order valence-corrected chi connectivity index (χ1v) is 6.93. The molecule has 96 valence electrons. The number of piperidine rings is 1. The molecule has 3 rings (SSSR count). The van der Waals surface area contributed by atoms with Gasteiger partial charge >= 0.3 is 0 Å². The monoisotopic (exact) mass is 243 g/mol. The van der Waals surface area contributed by atoms with Crippen LogP contribution in [0.2, 0.25) is 0 Å². The van der Waals surface area contributed by atoms with Crippen molar-refractivity contribution in [3.05, 3.63) is 30.1 Å². The summed E-state index contributed by atoms with van der Waals surface area (Å²) < 4.78 is 2.24. The minimum Gasteiger partial charge on any atom is -0.328 e. The molecule has 1 saturated heterocycles. The SMILES string of the molecule is CC(C)n1cnc2cc(C3CCNCC3)ccc21. The molecule has 0 bridgehead atoms. The second kappa shape index (κ2) is 4.73. The standard InChI is InChI=1S/C15H21N3/c1-11(2)18-10-17-14-9-13(3-4-15(14)18)12-5-7-16-8-6-12/h3-4,9-12,16H,5-8H2,1-2H3. The van der Waals surface area contributed by atoms with E-state index in [1.54, 1.807) is 0 Å². The van der Waals surface area contributed by atoms with Crippen molar-refractivity contribution in [3.8, 4) is 0 Å². The molecule has 2 aromatic rings. The Labute approximate surface area is 108 Å². The van der Waals surface area contributed by atoms with Crippen LogP contribution in [0.3, 0.4) is 0 Å². The highest BCUT2D eigenvalue weighted by molar-refractivity contribution is 5.76. The van der Waals surface area contributed by atoms with Crippen molar-refractivity contribution in [1.82, 2.24) is 14.9 Å². The maximum absolute atomic E-state index is 4.54. The molecule has 3 nitrogen and oxygen atoms in total. The summed E-state index contributed by atoms with van der Waals surface area (Å²) in [7, 11) is 0. The Balaban J connectivity index is 1.96. The normalized spacial score (nSPS) is 17.7. The molecule has 1 aromatic heterocycles. The minimum atomic E-state index is 0.472. The van der Waals surface area contributed by atoms with E-state index in [1.807, 2.05) is 6.33 Å². The lowest BCUT2D eigenvalue weighted by Crippen LogP contribution is -2.26. The first kappa shape index (κ1) is 11.7. The molecular weight excluding hydrogens is 222 g/mol. The van der Waals surface area contributed by atoms with Crippen molar-refractivity contribution < 1.29 is 0 Å². The third-order valence-electron chi connectivity index (χ3n) is 3.97. The molecule has 0 atom stereocenters. The molecule has 1 aliphatic rings. The summed E-state index contributed by atoms with van der Waals surface area (Å²) in [4.78, 5) is 4.54. The molecule has 0 radical (unpaired) electrons. The maximum atomic E-state index is 4.54. The van der Waals surface area contributed by atoms with Gasteiger partial charge in [0.05, 0.1) is 17.4 Å². The van der Waals surface area contributed by atoms with Crippen LogP contribution in [0, 0.1) is 0 Å². The van der Waals surface area contributed by atoms with Gasteiger partial charge in [-0.1, -0.05) is 6.07 Å². The van der Waals surface area contributed by atoms with Gasteiger partial charge in [-0.05, 0) is 63.4 Å². The molecule has 1 N–H and O–H groups in total. The third-order valence-corrected chi connectivity index (χ3v) is 3.97. The van der Waals surface area contributed by atoms with Crippen LogP contribution in [0.1, 0.15) is 44.2 Å². The predicted molar refractivity (Wildman–Crippen MR) is 75.0 cm³/mol. The van der Waals surface area contributed by atoms with E-state index in [9.17, 15) is 0 Å². The van der Waals surface area contributed by atoms with Crippen LogP contribution < -0.4 is 5.32 Å². The summed E-state index contributed by atoms with van der Waals surface area (Å²) in [6, 6.07) is 7.28. The fourth-order valence-electron chi connectivity index (χ4n) is 2.87. The molecule has 1 aromatic carbocycles. The van der Waals surface area contributed by atoms with Crippen molar-refractivity contribution in [3.63, 3.8) is 0 Å². The highest BCUT2D eigenvalue weighted by atomic mass is 15.1. The molecule has 0 saturated carbocycles. The van der Waals surface area contributed by atoms with E-state index in [0.29, 0.717) is 12.0 Å². The average molecular weight is 243 g/mol. The Kier molecular flexibility index (Phi) is 3.08. The van der Waals surface area contributed by atoms with Gasteiger partial charge in [0.25, 0.3) is 0 Å². The van der Waals surface area contributed by atoms with E-state index in [-0.39, 0.29) is 0 Å². The Morgan fingerprint density at radius 1 is 1.28 bits per heavy atom. The lowest BCUT2D eigenvalue weighted by molar-refractivity contribution is 0.460. The first-order chi connectivity index (χ1) is 8.75. The van der Waals surface area contributed by atoms with E-state index in [4.69, 9.17) is 0 Å². The van der Waals surface area contributed by atoms with Crippen LogP contribution in [-0.4, -0.2) is 22.6 Å². The molecule has 2 heterocycles. The number of hydrogen-bond donors (Lipinski definition) is 1. The van der Waals surface area contributed by atoms with Crippen molar-refractivity contribution in [1.29, 1.82) is 0 Å². The van der Waals surface area contributed by atoms with Gasteiger partial charge in [-0.3, -0.25) is 0 Å². The second-order valence-corrected chi connectivity index (χ2v) is 5.52. The van der Waals surface area contributed by atoms with Crippen LogP contribution in [0.4, 0.5) is 0 Å². The summed E-state index contributed by atoms with van der Waals surface area (Å²) in [5, 5.41) is 3.42. The quantitative estimate of drug-likeness (QED) is 0.878. The van der Waals surface area contributed by atoms with Gasteiger partial charge in [-0.25, -0.2) is 4.98 Å². The zero-order chi connectivity index (χ0) is 12.5. The number of fused-ring (bicyclic) bond motifs is 1. The van der Waals surface area contributed by atoms with Gasteiger partial charge < -0.3 is 9.88 Å². The van der Waals surface area contributed by atoms with Crippen LogP contribution in [0.15, 0.2) is 24.5 Å². The summed E-state index contributed by atoms with van der Waals surface area (Å²) in [6.07, 6.45) is 4.45. The number of rotatable bonds is 2. The van der Waals surface area contributed by atoms with Gasteiger partial charge in [-0.2, -0.15) is 0 Å². The lowest BCUT2D eigenvalue weighted by atomic mass is 9.90. The summed E-state index contributed by atoms with van der Waals surface area (Å²) in [6.45, 7) is 6.68. The predicted octanol–water partition coefficient (Wildman–Crippen LogP) is 3.08. The smallest absolute Gasteiger partial charge is 0.0960 e. The van der Waals surface area contributed by atoms with Gasteiger partial charge in [0, 0.05) is 6.04 Å². The van der Waals surface area contributed by atoms with Crippen LogP contribution in [0.25, 0.3) is 11.0 Å². The number of benzene rings is 1. The largest absolute Gasteiger partial charge is 0.328 e. The van der Waals surface area contributed by atoms with E-state index in [2.05, 4.69) is 46.9 Å². The molecule has 1 fully saturated rings. The summed E-state index contributed by atoms with van der Waals surface area (Å²) in [5.74, 6) is 0.708. The summed E-state index contributed by atoms with van der Waals surface area (Å²) >= 11 is 0. The van der Waals surface area contributed by atoms with E-state index >= 15 is 0 Å². The molecule has 3 heteroatoms. The zero-order valence-electron chi connectivity index (χ0n) is 11.2. The Hall–Kier alpha value is -1.35. The van der Waals surface area contributed by atoms with Crippen molar-refractivity contribution >= 4 is 11.0 Å². The second-order valence-electron chi connectivity index (χ2n) is 5.52. The molecule has 0 amide bonds. The lowest BCUT2D eigenvalue weighted by Gasteiger charge is -2.23. The van der Waals surface area contributed by atoms with Gasteiger partial charge in [0.2, 0.25) is 0 Å². The minimum absolute atomic E-state index is 0.472. The molecule has 0 spiro atoms. The topological polar surface area (TPSA) is 29.9 Å². The fourth-order valence-corrected chi connectivity index (χ4v) is 2.87. The molecule has 1 aliphatic heterocycles. The van der Waals surface area contributed by atoms with Crippen molar-refractivity contribution in [2.24, 2.45) is 0 Å². The number of nitrogens with zero attached hydrogens (tertiary/aromatic N) is 2. The number of nitrogens with one attached hydrogen (secondary N) is 1. The fraction of sp³-hybridized carbons (Fsp3) is 0.533. The zero-order valence-corrected chi connectivity index (χ0v) is 11.2. The summed E-state index contributed by atoms with van der Waals surface area (Å²) in [5.41, 5.74) is 3.85.